The van der Waals surface area contributed by atoms with E-state index in [4.69, 9.17) is 0 Å². The van der Waals surface area contributed by atoms with E-state index in [1.54, 1.807) is 4.90 Å². The summed E-state index contributed by atoms with van der Waals surface area (Å²) in [5, 5.41) is 0. The number of aromatic nitrogens is 1. The normalized spacial score (nSPS) is 20.2. The molecule has 1 aromatic rings. The summed E-state index contributed by atoms with van der Waals surface area (Å²) in [6.45, 7) is 3.22. The van der Waals surface area contributed by atoms with Crippen LogP contribution in [0.5, 0.6) is 0 Å². The van der Waals surface area contributed by atoms with Crippen LogP contribution in [0.15, 0.2) is 12.3 Å². The Morgan fingerprint density at radius 3 is 2.94 bits per heavy atom. The van der Waals surface area contributed by atoms with Crippen molar-refractivity contribution in [3.8, 4) is 0 Å². The van der Waals surface area contributed by atoms with E-state index in [2.05, 4.69) is 4.98 Å². The standard InChI is InChI=1S/C11H12F2N2O/c1-7-3-5-15(6-7)11(16)8-2-4-14-10(13)9(8)12/h2,4,7H,3,5-6H2,1H3. The predicted molar refractivity (Wildman–Crippen MR) is 53.8 cm³/mol. The average Bonchev–Trinajstić information content (AvgIpc) is 2.68. The Morgan fingerprint density at radius 2 is 2.31 bits per heavy atom. The third kappa shape index (κ3) is 1.89. The molecular formula is C11H12F2N2O. The zero-order valence-corrected chi connectivity index (χ0v) is 8.91. The number of pyridine rings is 1. The van der Waals surface area contributed by atoms with Gasteiger partial charge in [-0.1, -0.05) is 6.92 Å². The summed E-state index contributed by atoms with van der Waals surface area (Å²) in [5.74, 6) is -2.42. The molecule has 2 heterocycles. The molecule has 3 nitrogen and oxygen atoms in total. The Morgan fingerprint density at radius 1 is 1.56 bits per heavy atom. The third-order valence-corrected chi connectivity index (χ3v) is 2.79. The number of halogens is 2. The second-order valence-electron chi connectivity index (χ2n) is 4.11. The molecule has 0 N–H and O–H groups in total. The van der Waals surface area contributed by atoms with Crippen LogP contribution in [0.2, 0.25) is 0 Å². The minimum absolute atomic E-state index is 0.235. The first-order valence-electron chi connectivity index (χ1n) is 5.19. The molecule has 16 heavy (non-hydrogen) atoms. The van der Waals surface area contributed by atoms with Crippen molar-refractivity contribution in [1.29, 1.82) is 0 Å². The van der Waals surface area contributed by atoms with Crippen molar-refractivity contribution < 1.29 is 13.6 Å². The maximum absolute atomic E-state index is 13.3. The fraction of sp³-hybridized carbons (Fsp3) is 0.455. The summed E-state index contributed by atoms with van der Waals surface area (Å²) in [6.07, 6.45) is 2.01. The van der Waals surface area contributed by atoms with Gasteiger partial charge in [-0.3, -0.25) is 4.79 Å². The molecule has 0 aromatic carbocycles. The van der Waals surface area contributed by atoms with Crippen molar-refractivity contribution in [3.05, 3.63) is 29.6 Å². The Hall–Kier alpha value is -1.52. The molecule has 1 atom stereocenters. The highest BCUT2D eigenvalue weighted by Gasteiger charge is 2.27. The molecule has 1 fully saturated rings. The molecule has 1 aliphatic heterocycles. The van der Waals surface area contributed by atoms with E-state index in [0.29, 0.717) is 19.0 Å². The van der Waals surface area contributed by atoms with Crippen LogP contribution in [0.3, 0.4) is 0 Å². The third-order valence-electron chi connectivity index (χ3n) is 2.79. The number of rotatable bonds is 1. The lowest BCUT2D eigenvalue weighted by Gasteiger charge is -2.16. The minimum atomic E-state index is -1.22. The molecule has 0 bridgehead atoms. The lowest BCUT2D eigenvalue weighted by molar-refractivity contribution is 0.0782. The Labute approximate surface area is 92.1 Å². The zero-order chi connectivity index (χ0) is 11.7. The monoisotopic (exact) mass is 226 g/mol. The molecule has 0 saturated carbocycles. The smallest absolute Gasteiger partial charge is 0.257 e. The Kier molecular flexibility index (Phi) is 2.85. The summed E-state index contributed by atoms with van der Waals surface area (Å²) in [6, 6.07) is 1.21. The summed E-state index contributed by atoms with van der Waals surface area (Å²) in [4.78, 5) is 16.6. The molecule has 1 amide bonds. The molecule has 0 spiro atoms. The fourth-order valence-electron chi connectivity index (χ4n) is 1.87. The fourth-order valence-corrected chi connectivity index (χ4v) is 1.87. The predicted octanol–water partition coefficient (Wildman–Crippen LogP) is 1.84. The van der Waals surface area contributed by atoms with Crippen LogP contribution in [0.25, 0.3) is 0 Å². The number of carbonyl (C=O) groups excluding carboxylic acids is 1. The van der Waals surface area contributed by atoms with E-state index in [1.807, 2.05) is 6.92 Å². The summed E-state index contributed by atoms with van der Waals surface area (Å²) in [5.41, 5.74) is -0.235. The number of hydrogen-bond acceptors (Lipinski definition) is 2. The van der Waals surface area contributed by atoms with Crippen molar-refractivity contribution in [3.63, 3.8) is 0 Å². The number of hydrogen-bond donors (Lipinski definition) is 0. The average molecular weight is 226 g/mol. The zero-order valence-electron chi connectivity index (χ0n) is 8.91. The Balaban J connectivity index is 2.24. The highest BCUT2D eigenvalue weighted by Crippen LogP contribution is 2.19. The summed E-state index contributed by atoms with van der Waals surface area (Å²) >= 11 is 0. The molecule has 86 valence electrons. The summed E-state index contributed by atoms with van der Waals surface area (Å²) < 4.78 is 26.2. The summed E-state index contributed by atoms with van der Waals surface area (Å²) in [7, 11) is 0. The number of likely N-dealkylation sites (tertiary alicyclic amines) is 1. The van der Waals surface area contributed by atoms with Gasteiger partial charge in [0, 0.05) is 19.3 Å². The van der Waals surface area contributed by atoms with Gasteiger partial charge in [0.05, 0.1) is 5.56 Å². The number of nitrogens with zero attached hydrogens (tertiary/aromatic N) is 2. The van der Waals surface area contributed by atoms with Gasteiger partial charge in [0.25, 0.3) is 5.91 Å². The van der Waals surface area contributed by atoms with Gasteiger partial charge in [-0.25, -0.2) is 9.37 Å². The van der Waals surface area contributed by atoms with E-state index in [0.717, 1.165) is 12.6 Å². The molecule has 0 radical (unpaired) electrons. The maximum Gasteiger partial charge on any atom is 0.257 e. The highest BCUT2D eigenvalue weighted by molar-refractivity contribution is 5.94. The van der Waals surface area contributed by atoms with Crippen LogP contribution >= 0.6 is 0 Å². The molecule has 2 rings (SSSR count). The SMILES string of the molecule is CC1CCN(C(=O)c2ccnc(F)c2F)C1. The van der Waals surface area contributed by atoms with Gasteiger partial charge in [-0.15, -0.1) is 0 Å². The van der Waals surface area contributed by atoms with Gasteiger partial charge in [0.2, 0.25) is 5.95 Å². The van der Waals surface area contributed by atoms with Crippen LogP contribution in [-0.2, 0) is 0 Å². The first-order valence-corrected chi connectivity index (χ1v) is 5.19. The van der Waals surface area contributed by atoms with E-state index in [9.17, 15) is 13.6 Å². The van der Waals surface area contributed by atoms with E-state index in [-0.39, 0.29) is 5.56 Å². The first kappa shape index (κ1) is 11.0. The lowest BCUT2D eigenvalue weighted by atomic mass is 10.2. The van der Waals surface area contributed by atoms with Crippen molar-refractivity contribution in [2.75, 3.05) is 13.1 Å². The van der Waals surface area contributed by atoms with Gasteiger partial charge in [0.15, 0.2) is 5.82 Å². The van der Waals surface area contributed by atoms with Crippen molar-refractivity contribution in [2.45, 2.75) is 13.3 Å². The first-order chi connectivity index (χ1) is 7.59. The lowest BCUT2D eigenvalue weighted by Crippen LogP contribution is -2.29. The van der Waals surface area contributed by atoms with E-state index in [1.165, 1.54) is 6.07 Å². The van der Waals surface area contributed by atoms with Crippen LogP contribution in [0, 0.1) is 17.7 Å². The highest BCUT2D eigenvalue weighted by atomic mass is 19.2. The molecule has 1 aliphatic rings. The Bertz CT molecular complexity index is 422. The van der Waals surface area contributed by atoms with Gasteiger partial charge >= 0.3 is 0 Å². The number of amides is 1. The quantitative estimate of drug-likeness (QED) is 0.684. The van der Waals surface area contributed by atoms with E-state index >= 15 is 0 Å². The van der Waals surface area contributed by atoms with Gasteiger partial charge in [-0.2, -0.15) is 4.39 Å². The van der Waals surface area contributed by atoms with E-state index < -0.39 is 17.7 Å². The number of carbonyl (C=O) groups is 1. The largest absolute Gasteiger partial charge is 0.338 e. The van der Waals surface area contributed by atoms with Crippen molar-refractivity contribution >= 4 is 5.91 Å². The van der Waals surface area contributed by atoms with Crippen molar-refractivity contribution in [2.24, 2.45) is 5.92 Å². The molecule has 5 heteroatoms. The van der Waals surface area contributed by atoms with Crippen LogP contribution in [0.4, 0.5) is 8.78 Å². The van der Waals surface area contributed by atoms with Crippen LogP contribution < -0.4 is 0 Å². The molecule has 1 unspecified atom stereocenters. The second kappa shape index (κ2) is 4.15. The molecule has 0 aliphatic carbocycles. The van der Waals surface area contributed by atoms with Crippen molar-refractivity contribution in [1.82, 2.24) is 9.88 Å². The van der Waals surface area contributed by atoms with Gasteiger partial charge < -0.3 is 4.90 Å². The van der Waals surface area contributed by atoms with Gasteiger partial charge in [-0.05, 0) is 18.4 Å². The van der Waals surface area contributed by atoms with Gasteiger partial charge in [0.1, 0.15) is 0 Å². The molecule has 1 saturated heterocycles. The minimum Gasteiger partial charge on any atom is -0.338 e. The molecular weight excluding hydrogens is 214 g/mol. The van der Waals surface area contributed by atoms with Crippen LogP contribution in [-0.4, -0.2) is 28.9 Å². The topological polar surface area (TPSA) is 33.2 Å². The molecule has 1 aromatic heterocycles. The maximum atomic E-state index is 13.3. The second-order valence-corrected chi connectivity index (χ2v) is 4.11. The van der Waals surface area contributed by atoms with Crippen LogP contribution in [0.1, 0.15) is 23.7 Å².